The summed E-state index contributed by atoms with van der Waals surface area (Å²) in [5.41, 5.74) is 2.11. The Morgan fingerprint density at radius 3 is 2.70 bits per heavy atom. The maximum absolute atomic E-state index is 13.7. The van der Waals surface area contributed by atoms with Gasteiger partial charge in [0.1, 0.15) is 11.6 Å². The van der Waals surface area contributed by atoms with Gasteiger partial charge in [0.15, 0.2) is 5.78 Å². The zero-order chi connectivity index (χ0) is 14.3. The summed E-state index contributed by atoms with van der Waals surface area (Å²) < 4.78 is 27.0. The zero-order valence-corrected chi connectivity index (χ0v) is 11.3. The minimum atomic E-state index is -0.773. The van der Waals surface area contributed by atoms with Crippen LogP contribution in [0.3, 0.4) is 0 Å². The number of carbonyl (C=O) groups is 1. The van der Waals surface area contributed by atoms with E-state index in [1.807, 2.05) is 24.3 Å². The molecule has 1 atom stereocenters. The molecule has 2 aromatic carbocycles. The van der Waals surface area contributed by atoms with Crippen LogP contribution in [0.4, 0.5) is 8.78 Å². The number of hydrogen-bond donors (Lipinski definition) is 0. The van der Waals surface area contributed by atoms with E-state index in [1.54, 1.807) is 0 Å². The Balaban J connectivity index is 1.80. The van der Waals surface area contributed by atoms with Gasteiger partial charge in [-0.25, -0.2) is 8.78 Å². The van der Waals surface area contributed by atoms with Crippen LogP contribution in [-0.2, 0) is 6.42 Å². The SMILES string of the molecule is O=C(CC1Cc2ccccc21)c1cc(F)c(Cl)cc1F. The predicted octanol–water partition coefficient (Wildman–Crippen LogP) is 4.53. The number of benzene rings is 2. The largest absolute Gasteiger partial charge is 0.294 e. The van der Waals surface area contributed by atoms with Crippen LogP contribution in [0.2, 0.25) is 5.02 Å². The lowest BCUT2D eigenvalue weighted by molar-refractivity contribution is 0.0966. The predicted molar refractivity (Wildman–Crippen MR) is 73.2 cm³/mol. The molecule has 0 amide bonds. The van der Waals surface area contributed by atoms with Gasteiger partial charge in [-0.3, -0.25) is 4.79 Å². The maximum atomic E-state index is 13.7. The van der Waals surface area contributed by atoms with Gasteiger partial charge >= 0.3 is 0 Å². The number of fused-ring (bicyclic) bond motifs is 1. The van der Waals surface area contributed by atoms with E-state index in [-0.39, 0.29) is 22.9 Å². The Bertz CT molecular complexity index is 697. The Hall–Kier alpha value is -1.74. The molecule has 0 aliphatic heterocycles. The van der Waals surface area contributed by atoms with Crippen LogP contribution in [0.15, 0.2) is 36.4 Å². The van der Waals surface area contributed by atoms with Gasteiger partial charge in [-0.2, -0.15) is 0 Å². The van der Waals surface area contributed by atoms with Gasteiger partial charge < -0.3 is 0 Å². The summed E-state index contributed by atoms with van der Waals surface area (Å²) in [5, 5.41) is -0.312. The number of Topliss-reactive ketones (excluding diaryl/α,β-unsaturated/α-hetero) is 1. The third-order valence-electron chi connectivity index (χ3n) is 3.70. The molecule has 4 heteroatoms. The normalized spacial score (nSPS) is 16.4. The molecule has 1 aliphatic rings. The van der Waals surface area contributed by atoms with Crippen LogP contribution in [0.1, 0.15) is 33.8 Å². The first-order valence-electron chi connectivity index (χ1n) is 6.32. The molecule has 20 heavy (non-hydrogen) atoms. The Kier molecular flexibility index (Phi) is 3.30. The van der Waals surface area contributed by atoms with Gasteiger partial charge in [0, 0.05) is 6.42 Å². The Morgan fingerprint density at radius 1 is 1.20 bits per heavy atom. The smallest absolute Gasteiger partial charge is 0.166 e. The van der Waals surface area contributed by atoms with Crippen LogP contribution >= 0.6 is 11.6 Å². The maximum Gasteiger partial charge on any atom is 0.166 e. The fourth-order valence-corrected chi connectivity index (χ4v) is 2.77. The van der Waals surface area contributed by atoms with Crippen molar-refractivity contribution in [3.8, 4) is 0 Å². The molecule has 0 saturated heterocycles. The van der Waals surface area contributed by atoms with Crippen molar-refractivity contribution in [1.82, 2.24) is 0 Å². The van der Waals surface area contributed by atoms with E-state index in [0.717, 1.165) is 24.1 Å². The topological polar surface area (TPSA) is 17.1 Å². The lowest BCUT2D eigenvalue weighted by Gasteiger charge is -2.29. The van der Waals surface area contributed by atoms with Crippen LogP contribution in [0.5, 0.6) is 0 Å². The molecule has 2 aromatic rings. The summed E-state index contributed by atoms with van der Waals surface area (Å²) in [5.74, 6) is -1.84. The van der Waals surface area contributed by atoms with Gasteiger partial charge in [0.05, 0.1) is 10.6 Å². The van der Waals surface area contributed by atoms with Crippen molar-refractivity contribution in [2.45, 2.75) is 18.8 Å². The lowest BCUT2D eigenvalue weighted by atomic mass is 9.74. The third-order valence-corrected chi connectivity index (χ3v) is 3.99. The molecule has 0 radical (unpaired) electrons. The standard InChI is InChI=1S/C16H11ClF2O/c17-13-8-14(18)12(7-15(13)19)16(20)6-10-5-9-3-1-2-4-11(9)10/h1-4,7-8,10H,5-6H2. The zero-order valence-electron chi connectivity index (χ0n) is 10.5. The molecule has 1 unspecified atom stereocenters. The molecule has 102 valence electrons. The minimum Gasteiger partial charge on any atom is -0.294 e. The van der Waals surface area contributed by atoms with Gasteiger partial charge in [-0.15, -0.1) is 0 Å². The average Bonchev–Trinajstić information content (AvgIpc) is 2.40. The molecule has 1 nitrogen and oxygen atoms in total. The second-order valence-corrected chi connectivity index (χ2v) is 5.38. The molecular weight excluding hydrogens is 282 g/mol. The summed E-state index contributed by atoms with van der Waals surface area (Å²) in [6, 6.07) is 9.57. The van der Waals surface area contributed by atoms with Crippen LogP contribution in [0.25, 0.3) is 0 Å². The van der Waals surface area contributed by atoms with Crippen molar-refractivity contribution in [2.75, 3.05) is 0 Å². The van der Waals surface area contributed by atoms with E-state index in [1.165, 1.54) is 5.56 Å². The minimum absolute atomic E-state index is 0.0943. The van der Waals surface area contributed by atoms with Gasteiger partial charge in [0.2, 0.25) is 0 Å². The highest BCUT2D eigenvalue weighted by atomic mass is 35.5. The molecule has 3 rings (SSSR count). The molecule has 0 saturated carbocycles. The summed E-state index contributed by atoms with van der Waals surface area (Å²) in [6.45, 7) is 0. The second-order valence-electron chi connectivity index (χ2n) is 4.97. The van der Waals surface area contributed by atoms with Crippen molar-refractivity contribution >= 4 is 17.4 Å². The van der Waals surface area contributed by atoms with Crippen molar-refractivity contribution in [3.63, 3.8) is 0 Å². The van der Waals surface area contributed by atoms with Crippen LogP contribution in [-0.4, -0.2) is 5.78 Å². The number of halogens is 3. The first-order chi connectivity index (χ1) is 9.56. The Labute approximate surface area is 120 Å². The summed E-state index contributed by atoms with van der Waals surface area (Å²) in [7, 11) is 0. The van der Waals surface area contributed by atoms with E-state index in [0.29, 0.717) is 0 Å². The highest BCUT2D eigenvalue weighted by molar-refractivity contribution is 6.30. The van der Waals surface area contributed by atoms with Crippen LogP contribution < -0.4 is 0 Å². The van der Waals surface area contributed by atoms with Crippen molar-refractivity contribution < 1.29 is 13.6 Å². The molecule has 0 N–H and O–H groups in total. The summed E-state index contributed by atoms with van der Waals surface area (Å²) >= 11 is 5.48. The van der Waals surface area contributed by atoms with Crippen molar-refractivity contribution in [1.29, 1.82) is 0 Å². The van der Waals surface area contributed by atoms with Gasteiger partial charge in [-0.05, 0) is 35.6 Å². The van der Waals surface area contributed by atoms with E-state index in [9.17, 15) is 13.6 Å². The van der Waals surface area contributed by atoms with E-state index < -0.39 is 17.4 Å². The van der Waals surface area contributed by atoms with E-state index in [4.69, 9.17) is 11.6 Å². The first-order valence-corrected chi connectivity index (χ1v) is 6.69. The van der Waals surface area contributed by atoms with E-state index in [2.05, 4.69) is 0 Å². The van der Waals surface area contributed by atoms with Gasteiger partial charge in [-0.1, -0.05) is 35.9 Å². The highest BCUT2D eigenvalue weighted by Crippen LogP contribution is 2.38. The molecule has 0 fully saturated rings. The lowest BCUT2D eigenvalue weighted by Crippen LogP contribution is -2.20. The fraction of sp³-hybridized carbons (Fsp3) is 0.188. The fourth-order valence-electron chi connectivity index (χ4n) is 2.61. The summed E-state index contributed by atoms with van der Waals surface area (Å²) in [4.78, 5) is 12.1. The first kappa shape index (κ1) is 13.3. The third kappa shape index (κ3) is 2.22. The average molecular weight is 293 g/mol. The van der Waals surface area contributed by atoms with E-state index >= 15 is 0 Å². The number of hydrogen-bond acceptors (Lipinski definition) is 1. The van der Waals surface area contributed by atoms with Crippen LogP contribution in [0, 0.1) is 11.6 Å². The van der Waals surface area contributed by atoms with Gasteiger partial charge in [0.25, 0.3) is 0 Å². The van der Waals surface area contributed by atoms with Crippen molar-refractivity contribution in [3.05, 3.63) is 69.7 Å². The van der Waals surface area contributed by atoms with Crippen molar-refractivity contribution in [2.24, 2.45) is 0 Å². The highest BCUT2D eigenvalue weighted by Gasteiger charge is 2.28. The molecule has 1 aliphatic carbocycles. The second kappa shape index (κ2) is 4.98. The number of carbonyl (C=O) groups excluding carboxylic acids is 1. The molecular formula is C16H11ClF2O. The molecule has 0 bridgehead atoms. The molecule has 0 heterocycles. The monoisotopic (exact) mass is 292 g/mol. The Morgan fingerprint density at radius 2 is 1.95 bits per heavy atom. The number of rotatable bonds is 3. The molecule has 0 spiro atoms. The molecule has 0 aromatic heterocycles. The summed E-state index contributed by atoms with van der Waals surface area (Å²) in [6.07, 6.45) is 0.995. The number of ketones is 1. The quantitative estimate of drug-likeness (QED) is 0.600.